The summed E-state index contributed by atoms with van der Waals surface area (Å²) < 4.78 is 8.74. The summed E-state index contributed by atoms with van der Waals surface area (Å²) in [7, 11) is 0. The molecule has 10 rings (SSSR count). The Morgan fingerprint density at radius 1 is 0.460 bits per heavy atom. The average Bonchev–Trinajstić information content (AvgIpc) is 3.91. The zero-order chi connectivity index (χ0) is 33.7. The van der Waals surface area contributed by atoms with Gasteiger partial charge in [0.2, 0.25) is 11.6 Å². The highest BCUT2D eigenvalue weighted by molar-refractivity contribution is 6.17. The zero-order valence-corrected chi connectivity index (χ0v) is 28.1. The summed E-state index contributed by atoms with van der Waals surface area (Å²) >= 11 is 0. The lowest BCUT2D eigenvalue weighted by Crippen LogP contribution is -1.99. The van der Waals surface area contributed by atoms with Crippen molar-refractivity contribution in [1.82, 2.24) is 37.9 Å². The van der Waals surface area contributed by atoms with Crippen LogP contribution in [-0.2, 0) is 0 Å². The van der Waals surface area contributed by atoms with E-state index in [9.17, 15) is 0 Å². The first-order valence-corrected chi connectivity index (χ1v) is 16.8. The monoisotopic (exact) mass is 648 g/mol. The molecule has 8 nitrogen and oxygen atoms in total. The molecule has 8 heteroatoms. The van der Waals surface area contributed by atoms with E-state index in [1.807, 2.05) is 45.7 Å². The van der Waals surface area contributed by atoms with Crippen molar-refractivity contribution < 1.29 is 0 Å². The van der Waals surface area contributed by atoms with Gasteiger partial charge in [-0.25, -0.2) is 19.9 Å². The van der Waals surface area contributed by atoms with Gasteiger partial charge in [0.15, 0.2) is 0 Å². The minimum absolute atomic E-state index is 0.697. The lowest BCUT2D eigenvalue weighted by Gasteiger charge is -2.14. The third kappa shape index (κ3) is 4.05. The van der Waals surface area contributed by atoms with Gasteiger partial charge >= 0.3 is 0 Å². The molecule has 50 heavy (non-hydrogen) atoms. The molecule has 0 atom stereocenters. The van der Waals surface area contributed by atoms with Gasteiger partial charge in [0.05, 0.1) is 22.4 Å². The smallest absolute Gasteiger partial charge is 0.234 e. The number of aromatic nitrogens is 8. The van der Waals surface area contributed by atoms with E-state index in [1.54, 1.807) is 12.4 Å². The predicted molar refractivity (Wildman–Crippen MR) is 201 cm³/mol. The molecule has 0 fully saturated rings. The number of hydrogen-bond acceptors (Lipinski definition) is 4. The fourth-order valence-corrected chi connectivity index (χ4v) is 7.67. The van der Waals surface area contributed by atoms with Crippen LogP contribution in [0, 0.1) is 27.7 Å². The van der Waals surface area contributed by atoms with Gasteiger partial charge in [-0.1, -0.05) is 48.5 Å². The Labute approximate surface area is 287 Å². The molecule has 0 saturated carbocycles. The molecular weight excluding hydrogens is 617 g/mol. The second-order valence-electron chi connectivity index (χ2n) is 13.1. The number of benzene rings is 4. The van der Waals surface area contributed by atoms with E-state index in [2.05, 4.69) is 120 Å². The first-order valence-electron chi connectivity index (χ1n) is 16.8. The predicted octanol–water partition coefficient (Wildman–Crippen LogP) is 9.38. The molecule has 0 amide bonds. The summed E-state index contributed by atoms with van der Waals surface area (Å²) in [5.74, 6) is 1.39. The van der Waals surface area contributed by atoms with Gasteiger partial charge in [-0.2, -0.15) is 0 Å². The van der Waals surface area contributed by atoms with E-state index in [1.165, 1.54) is 55.1 Å². The maximum atomic E-state index is 4.73. The molecule has 0 aliphatic carbocycles. The summed E-state index contributed by atoms with van der Waals surface area (Å²) in [6.07, 6.45) is 11.5. The number of nitrogens with zero attached hydrogens (tertiary/aromatic N) is 8. The summed E-state index contributed by atoms with van der Waals surface area (Å²) in [6, 6.07) is 30.5. The summed E-state index contributed by atoms with van der Waals surface area (Å²) in [6.45, 7) is 8.90. The van der Waals surface area contributed by atoms with Crippen LogP contribution in [0.4, 0.5) is 0 Å². The van der Waals surface area contributed by atoms with Gasteiger partial charge in [0.1, 0.15) is 0 Å². The standard InChI is InChI=1S/C42H32N8/c1-25-27(3)49(31-11-7-29(8-12-31)37-23-47-21-5-19-43-41(47)45-37)39-33(25)15-17-36-35(39)18-16-34-26(2)28(4)50(40(34)36)32-13-9-30(10-14-32)38-24-48-22-6-20-44-42(48)46-38/h5-24H,1-4H3. The zero-order valence-electron chi connectivity index (χ0n) is 28.1. The Kier molecular flexibility index (Phi) is 5.97. The van der Waals surface area contributed by atoms with Crippen LogP contribution in [-0.4, -0.2) is 37.9 Å². The molecule has 6 heterocycles. The SMILES string of the molecule is Cc1c(C)n(-c2ccc(-c3cn4cccnc4n3)cc2)c2c1ccc1c2ccc2c(C)c(C)n(-c3ccc(-c4cn5cccnc5n4)cc3)c21. The van der Waals surface area contributed by atoms with Crippen LogP contribution in [0.25, 0.3) is 78.0 Å². The van der Waals surface area contributed by atoms with Gasteiger partial charge in [-0.3, -0.25) is 8.80 Å². The second kappa shape index (κ2) is 10.5. The van der Waals surface area contributed by atoms with E-state index in [0.717, 1.165) is 33.9 Å². The fraction of sp³-hybridized carbons (Fsp3) is 0.0952. The lowest BCUT2D eigenvalue weighted by molar-refractivity contribution is 1.04. The van der Waals surface area contributed by atoms with E-state index in [-0.39, 0.29) is 0 Å². The van der Waals surface area contributed by atoms with Crippen molar-refractivity contribution in [2.24, 2.45) is 0 Å². The van der Waals surface area contributed by atoms with Gasteiger partial charge in [0, 0.05) is 92.6 Å². The van der Waals surface area contributed by atoms with Gasteiger partial charge < -0.3 is 9.13 Å². The molecule has 0 radical (unpaired) electrons. The van der Waals surface area contributed by atoms with E-state index in [0.29, 0.717) is 11.6 Å². The van der Waals surface area contributed by atoms with Crippen molar-refractivity contribution in [3.05, 3.63) is 145 Å². The van der Waals surface area contributed by atoms with Crippen LogP contribution in [0.3, 0.4) is 0 Å². The van der Waals surface area contributed by atoms with Crippen molar-refractivity contribution in [3.63, 3.8) is 0 Å². The van der Waals surface area contributed by atoms with Gasteiger partial charge in [-0.05, 0) is 75.2 Å². The molecule has 240 valence electrons. The average molecular weight is 649 g/mol. The Hall–Kier alpha value is -6.54. The molecule has 0 saturated heterocycles. The Morgan fingerprint density at radius 3 is 1.26 bits per heavy atom. The van der Waals surface area contributed by atoms with Crippen LogP contribution in [0.2, 0.25) is 0 Å². The molecule has 4 aromatic carbocycles. The molecule has 0 aliphatic rings. The normalized spacial score (nSPS) is 12.0. The molecule has 0 N–H and O–H groups in total. The highest BCUT2D eigenvalue weighted by Crippen LogP contribution is 2.40. The molecule has 0 spiro atoms. The number of rotatable bonds is 4. The van der Waals surface area contributed by atoms with Crippen LogP contribution >= 0.6 is 0 Å². The largest absolute Gasteiger partial charge is 0.313 e. The van der Waals surface area contributed by atoms with Crippen molar-refractivity contribution in [2.45, 2.75) is 27.7 Å². The molecule has 0 bridgehead atoms. The minimum atomic E-state index is 0.697. The Bertz CT molecular complexity index is 2680. The van der Waals surface area contributed by atoms with Crippen molar-refractivity contribution in [2.75, 3.05) is 0 Å². The Balaban J connectivity index is 1.13. The number of fused-ring (bicyclic) bond motifs is 7. The molecule has 0 aliphatic heterocycles. The third-order valence-corrected chi connectivity index (χ3v) is 10.5. The maximum absolute atomic E-state index is 4.73. The number of aryl methyl sites for hydroxylation is 2. The van der Waals surface area contributed by atoms with Crippen LogP contribution in [0.15, 0.2) is 122 Å². The summed E-state index contributed by atoms with van der Waals surface area (Å²) in [5, 5.41) is 4.99. The number of hydrogen-bond donors (Lipinski definition) is 0. The second-order valence-corrected chi connectivity index (χ2v) is 13.1. The Morgan fingerprint density at radius 2 is 0.860 bits per heavy atom. The van der Waals surface area contributed by atoms with Crippen molar-refractivity contribution >= 4 is 44.1 Å². The van der Waals surface area contributed by atoms with Crippen LogP contribution in [0.5, 0.6) is 0 Å². The first-order chi connectivity index (χ1) is 24.4. The highest BCUT2D eigenvalue weighted by atomic mass is 15.1. The van der Waals surface area contributed by atoms with E-state index >= 15 is 0 Å². The number of imidazole rings is 2. The van der Waals surface area contributed by atoms with Crippen LogP contribution in [0.1, 0.15) is 22.5 Å². The molecule has 0 unspecified atom stereocenters. The van der Waals surface area contributed by atoms with Gasteiger partial charge in [-0.15, -0.1) is 0 Å². The molecule has 10 aromatic rings. The first kappa shape index (κ1) is 28.5. The van der Waals surface area contributed by atoms with Crippen molar-refractivity contribution in [1.29, 1.82) is 0 Å². The quantitative estimate of drug-likeness (QED) is 0.191. The van der Waals surface area contributed by atoms with E-state index in [4.69, 9.17) is 9.97 Å². The highest BCUT2D eigenvalue weighted by Gasteiger charge is 2.20. The van der Waals surface area contributed by atoms with Crippen LogP contribution < -0.4 is 0 Å². The molecule has 6 aromatic heterocycles. The third-order valence-electron chi connectivity index (χ3n) is 10.5. The minimum Gasteiger partial charge on any atom is -0.313 e. The van der Waals surface area contributed by atoms with E-state index < -0.39 is 0 Å². The maximum Gasteiger partial charge on any atom is 0.234 e. The lowest BCUT2D eigenvalue weighted by atomic mass is 10.0. The van der Waals surface area contributed by atoms with Gasteiger partial charge in [0.25, 0.3) is 0 Å². The summed E-state index contributed by atoms with van der Waals surface area (Å²) in [5.41, 5.74) is 13.7. The van der Waals surface area contributed by atoms with Crippen molar-refractivity contribution in [3.8, 4) is 33.9 Å². The fourth-order valence-electron chi connectivity index (χ4n) is 7.67. The topological polar surface area (TPSA) is 70.2 Å². The summed E-state index contributed by atoms with van der Waals surface area (Å²) in [4.78, 5) is 18.2. The molecular formula is C42H32N8.